The maximum atomic E-state index is 12.8. The lowest BCUT2D eigenvalue weighted by Gasteiger charge is -2.29. The fourth-order valence-electron chi connectivity index (χ4n) is 3.46. The summed E-state index contributed by atoms with van der Waals surface area (Å²) in [5, 5.41) is 3.14. The SMILES string of the molecule is C[C@H]1CN(C(=O)N[C@@H](CN2CCCC2=O)c2ccccc2)CCCO1. The molecule has 6 heteroatoms. The zero-order chi connectivity index (χ0) is 17.6. The highest BCUT2D eigenvalue weighted by molar-refractivity contribution is 5.78. The lowest BCUT2D eigenvalue weighted by Crippen LogP contribution is -2.46. The highest BCUT2D eigenvalue weighted by Crippen LogP contribution is 2.19. The molecule has 1 aromatic carbocycles. The van der Waals surface area contributed by atoms with E-state index in [1.54, 1.807) is 0 Å². The predicted molar refractivity (Wildman–Crippen MR) is 95.1 cm³/mol. The van der Waals surface area contributed by atoms with E-state index in [2.05, 4.69) is 5.32 Å². The number of urea groups is 1. The molecule has 3 amide bonds. The van der Waals surface area contributed by atoms with E-state index in [9.17, 15) is 9.59 Å². The van der Waals surface area contributed by atoms with Gasteiger partial charge in [0.15, 0.2) is 0 Å². The Morgan fingerprint density at radius 1 is 1.28 bits per heavy atom. The van der Waals surface area contributed by atoms with Crippen LogP contribution < -0.4 is 5.32 Å². The van der Waals surface area contributed by atoms with Gasteiger partial charge < -0.3 is 19.9 Å². The van der Waals surface area contributed by atoms with Crippen molar-refractivity contribution in [3.05, 3.63) is 35.9 Å². The van der Waals surface area contributed by atoms with Gasteiger partial charge in [-0.25, -0.2) is 4.79 Å². The molecule has 6 nitrogen and oxygen atoms in total. The van der Waals surface area contributed by atoms with Gasteiger partial charge in [0.2, 0.25) is 5.91 Å². The maximum Gasteiger partial charge on any atom is 0.318 e. The third-order valence-corrected chi connectivity index (χ3v) is 4.81. The summed E-state index contributed by atoms with van der Waals surface area (Å²) >= 11 is 0. The van der Waals surface area contributed by atoms with Crippen molar-refractivity contribution in [1.82, 2.24) is 15.1 Å². The molecule has 2 saturated heterocycles. The normalized spacial score (nSPS) is 22.6. The summed E-state index contributed by atoms with van der Waals surface area (Å²) < 4.78 is 5.62. The Labute approximate surface area is 149 Å². The van der Waals surface area contributed by atoms with Gasteiger partial charge >= 0.3 is 6.03 Å². The van der Waals surface area contributed by atoms with E-state index in [0.29, 0.717) is 32.7 Å². The van der Waals surface area contributed by atoms with Crippen LogP contribution in [0, 0.1) is 0 Å². The highest BCUT2D eigenvalue weighted by atomic mass is 16.5. The minimum absolute atomic E-state index is 0.0450. The standard InChI is InChI=1S/C19H27N3O3/c1-15-13-22(11-6-12-25-15)19(24)20-17(16-7-3-2-4-8-16)14-21-10-5-9-18(21)23/h2-4,7-8,15,17H,5-6,9-14H2,1H3,(H,20,24)/t15-,17-/m0/s1. The number of amides is 3. The van der Waals surface area contributed by atoms with Crippen molar-refractivity contribution in [3.8, 4) is 0 Å². The molecule has 0 saturated carbocycles. The van der Waals surface area contributed by atoms with E-state index in [4.69, 9.17) is 4.74 Å². The van der Waals surface area contributed by atoms with E-state index in [1.165, 1.54) is 0 Å². The second kappa shape index (κ2) is 8.34. The van der Waals surface area contributed by atoms with Gasteiger partial charge in [0, 0.05) is 39.2 Å². The summed E-state index contributed by atoms with van der Waals surface area (Å²) in [5.74, 6) is 0.173. The molecule has 1 aromatic rings. The Balaban J connectivity index is 1.70. The number of nitrogens with zero attached hydrogens (tertiary/aromatic N) is 2. The van der Waals surface area contributed by atoms with Crippen molar-refractivity contribution in [2.24, 2.45) is 0 Å². The third-order valence-electron chi connectivity index (χ3n) is 4.81. The van der Waals surface area contributed by atoms with Gasteiger partial charge in [-0.2, -0.15) is 0 Å². The zero-order valence-corrected chi connectivity index (χ0v) is 14.8. The first-order chi connectivity index (χ1) is 12.1. The van der Waals surface area contributed by atoms with Crippen molar-refractivity contribution < 1.29 is 14.3 Å². The first-order valence-corrected chi connectivity index (χ1v) is 9.13. The molecule has 136 valence electrons. The molecule has 2 aliphatic heterocycles. The van der Waals surface area contributed by atoms with Gasteiger partial charge in [-0.3, -0.25) is 4.79 Å². The van der Waals surface area contributed by atoms with Crippen molar-refractivity contribution in [3.63, 3.8) is 0 Å². The molecule has 2 fully saturated rings. The van der Waals surface area contributed by atoms with Crippen molar-refractivity contribution in [2.75, 3.05) is 32.8 Å². The van der Waals surface area contributed by atoms with E-state index in [-0.39, 0.29) is 24.1 Å². The molecule has 0 aliphatic carbocycles. The summed E-state index contributed by atoms with van der Waals surface area (Å²) in [4.78, 5) is 28.5. The van der Waals surface area contributed by atoms with Crippen LogP contribution in [0.5, 0.6) is 0 Å². The minimum atomic E-state index is -0.199. The zero-order valence-electron chi connectivity index (χ0n) is 14.8. The number of nitrogens with one attached hydrogen (secondary N) is 1. The molecule has 0 radical (unpaired) electrons. The number of hydrogen-bond acceptors (Lipinski definition) is 3. The van der Waals surface area contributed by atoms with E-state index in [1.807, 2.05) is 47.1 Å². The van der Waals surface area contributed by atoms with Gasteiger partial charge in [0.1, 0.15) is 0 Å². The van der Waals surface area contributed by atoms with E-state index < -0.39 is 0 Å². The van der Waals surface area contributed by atoms with Crippen LogP contribution >= 0.6 is 0 Å². The van der Waals surface area contributed by atoms with Crippen molar-refractivity contribution >= 4 is 11.9 Å². The van der Waals surface area contributed by atoms with Crippen LogP contribution in [-0.4, -0.2) is 60.6 Å². The Hall–Kier alpha value is -2.08. The number of benzene rings is 1. The van der Waals surface area contributed by atoms with E-state index >= 15 is 0 Å². The summed E-state index contributed by atoms with van der Waals surface area (Å²) in [5.41, 5.74) is 1.02. The molecule has 1 N–H and O–H groups in total. The highest BCUT2D eigenvalue weighted by Gasteiger charge is 2.27. The molecular weight excluding hydrogens is 318 g/mol. The number of carbonyl (C=O) groups excluding carboxylic acids is 2. The Morgan fingerprint density at radius 2 is 2.08 bits per heavy atom. The smallest absolute Gasteiger partial charge is 0.318 e. The predicted octanol–water partition coefficient (Wildman–Crippen LogP) is 2.17. The third kappa shape index (κ3) is 4.72. The monoisotopic (exact) mass is 345 g/mol. The molecule has 3 rings (SSSR count). The number of likely N-dealkylation sites (tertiary alicyclic amines) is 1. The average molecular weight is 345 g/mol. The number of hydrogen-bond donors (Lipinski definition) is 1. The van der Waals surface area contributed by atoms with Gasteiger partial charge in [0.25, 0.3) is 0 Å². The largest absolute Gasteiger partial charge is 0.377 e. The summed E-state index contributed by atoms with van der Waals surface area (Å²) in [6, 6.07) is 9.59. The van der Waals surface area contributed by atoms with Crippen LogP contribution in [0.3, 0.4) is 0 Å². The summed E-state index contributed by atoms with van der Waals surface area (Å²) in [6.45, 7) is 5.26. The quantitative estimate of drug-likeness (QED) is 0.910. The lowest BCUT2D eigenvalue weighted by atomic mass is 10.1. The lowest BCUT2D eigenvalue weighted by molar-refractivity contribution is -0.128. The minimum Gasteiger partial charge on any atom is -0.377 e. The van der Waals surface area contributed by atoms with Gasteiger partial charge in [-0.15, -0.1) is 0 Å². The molecule has 0 bridgehead atoms. The Morgan fingerprint density at radius 3 is 2.80 bits per heavy atom. The Bertz CT molecular complexity index is 593. The molecule has 0 unspecified atom stereocenters. The van der Waals surface area contributed by atoms with Crippen LogP contribution in [0.25, 0.3) is 0 Å². The first kappa shape index (κ1) is 17.7. The van der Waals surface area contributed by atoms with Gasteiger partial charge in [0.05, 0.1) is 12.1 Å². The average Bonchev–Trinajstić information content (AvgIpc) is 2.89. The molecular formula is C19H27N3O3. The second-order valence-corrected chi connectivity index (χ2v) is 6.84. The fraction of sp³-hybridized carbons (Fsp3) is 0.579. The second-order valence-electron chi connectivity index (χ2n) is 6.84. The van der Waals surface area contributed by atoms with Gasteiger partial charge in [-0.1, -0.05) is 30.3 Å². The van der Waals surface area contributed by atoms with Crippen molar-refractivity contribution in [2.45, 2.75) is 38.3 Å². The molecule has 2 aliphatic rings. The number of rotatable bonds is 4. The molecule has 0 aromatic heterocycles. The topological polar surface area (TPSA) is 61.9 Å². The van der Waals surface area contributed by atoms with Crippen LogP contribution in [0.15, 0.2) is 30.3 Å². The first-order valence-electron chi connectivity index (χ1n) is 9.13. The maximum absolute atomic E-state index is 12.8. The van der Waals surface area contributed by atoms with Crippen LogP contribution in [0.4, 0.5) is 4.79 Å². The van der Waals surface area contributed by atoms with Crippen LogP contribution in [-0.2, 0) is 9.53 Å². The molecule has 25 heavy (non-hydrogen) atoms. The van der Waals surface area contributed by atoms with Gasteiger partial charge in [-0.05, 0) is 25.3 Å². The summed E-state index contributed by atoms with van der Waals surface area (Å²) in [7, 11) is 0. The van der Waals surface area contributed by atoms with Crippen molar-refractivity contribution in [1.29, 1.82) is 0 Å². The summed E-state index contributed by atoms with van der Waals surface area (Å²) in [6.07, 6.45) is 2.40. The Kier molecular flexibility index (Phi) is 5.91. The van der Waals surface area contributed by atoms with Crippen LogP contribution in [0.2, 0.25) is 0 Å². The van der Waals surface area contributed by atoms with Crippen LogP contribution in [0.1, 0.15) is 37.8 Å². The molecule has 2 heterocycles. The number of ether oxygens (including phenoxy) is 1. The fourth-order valence-corrected chi connectivity index (χ4v) is 3.46. The van der Waals surface area contributed by atoms with E-state index in [0.717, 1.165) is 24.9 Å². The molecule has 2 atom stereocenters. The molecule has 0 spiro atoms. The number of carbonyl (C=O) groups is 2.